The number of nitrogens with zero attached hydrogens (tertiary/aromatic N) is 2. The Bertz CT molecular complexity index is 563. The van der Waals surface area contributed by atoms with Gasteiger partial charge in [-0.05, 0) is 18.9 Å². The minimum atomic E-state index is -0.407. The number of amides is 1. The second kappa shape index (κ2) is 6.95. The lowest BCUT2D eigenvalue weighted by molar-refractivity contribution is -0.117. The largest absolute Gasteiger partial charge is 0.441 e. The molecule has 6 nitrogen and oxygen atoms in total. The maximum Gasteiger partial charge on any atom is 0.262 e. The molecule has 0 unspecified atom stereocenters. The number of rotatable bonds is 5. The fraction of sp³-hybridized carbons (Fsp3) is 0.467. The van der Waals surface area contributed by atoms with E-state index in [1.54, 1.807) is 17.0 Å². The number of furan rings is 1. The third-order valence-corrected chi connectivity index (χ3v) is 3.22. The van der Waals surface area contributed by atoms with Crippen LogP contribution in [0, 0.1) is 11.3 Å². The van der Waals surface area contributed by atoms with Gasteiger partial charge in [0.25, 0.3) is 5.91 Å². The van der Waals surface area contributed by atoms with E-state index in [9.17, 15) is 4.79 Å². The van der Waals surface area contributed by atoms with Gasteiger partial charge in [-0.25, -0.2) is 0 Å². The van der Waals surface area contributed by atoms with Crippen molar-refractivity contribution in [3.63, 3.8) is 0 Å². The first-order valence-corrected chi connectivity index (χ1v) is 6.89. The molecular formula is C15H19N3O3. The van der Waals surface area contributed by atoms with Gasteiger partial charge in [0.1, 0.15) is 17.4 Å². The molecule has 0 saturated carbocycles. The molecule has 112 valence electrons. The Morgan fingerprint density at radius 3 is 2.95 bits per heavy atom. The van der Waals surface area contributed by atoms with Crippen LogP contribution in [0.4, 0.5) is 5.88 Å². The van der Waals surface area contributed by atoms with E-state index in [0.717, 1.165) is 19.4 Å². The molecule has 1 aliphatic rings. The number of hydrogen-bond acceptors (Lipinski definition) is 5. The number of nitrogens with one attached hydrogen (secondary N) is 1. The van der Waals surface area contributed by atoms with Crippen molar-refractivity contribution in [3.8, 4) is 6.07 Å². The average molecular weight is 289 g/mol. The maximum atomic E-state index is 12.0. The number of anilines is 1. The summed E-state index contributed by atoms with van der Waals surface area (Å²) in [5.74, 6) is 0.733. The Morgan fingerprint density at radius 2 is 2.38 bits per heavy atom. The van der Waals surface area contributed by atoms with E-state index >= 15 is 0 Å². The summed E-state index contributed by atoms with van der Waals surface area (Å²) >= 11 is 0. The summed E-state index contributed by atoms with van der Waals surface area (Å²) < 4.78 is 10.9. The van der Waals surface area contributed by atoms with E-state index in [-0.39, 0.29) is 11.7 Å². The van der Waals surface area contributed by atoms with Crippen molar-refractivity contribution >= 4 is 17.9 Å². The molecule has 1 aromatic rings. The van der Waals surface area contributed by atoms with E-state index in [2.05, 4.69) is 5.32 Å². The topological polar surface area (TPSA) is 78.5 Å². The molecule has 21 heavy (non-hydrogen) atoms. The summed E-state index contributed by atoms with van der Waals surface area (Å²) in [6.45, 7) is 1.17. The minimum Gasteiger partial charge on any atom is -0.441 e. The summed E-state index contributed by atoms with van der Waals surface area (Å²) in [5, 5.41) is 11.8. The zero-order chi connectivity index (χ0) is 15.2. The van der Waals surface area contributed by atoms with Crippen molar-refractivity contribution in [2.45, 2.75) is 18.9 Å². The third kappa shape index (κ3) is 4.10. The Labute approximate surface area is 124 Å². The number of carbonyl (C=O) groups excluding carboxylic acids is 1. The zero-order valence-electron chi connectivity index (χ0n) is 12.3. The summed E-state index contributed by atoms with van der Waals surface area (Å²) in [7, 11) is 3.71. The molecule has 0 aromatic carbocycles. The predicted octanol–water partition coefficient (Wildman–Crippen LogP) is 1.55. The van der Waals surface area contributed by atoms with Gasteiger partial charge in [0.2, 0.25) is 0 Å². The highest BCUT2D eigenvalue weighted by Gasteiger charge is 2.17. The highest BCUT2D eigenvalue weighted by atomic mass is 16.5. The molecule has 1 fully saturated rings. The van der Waals surface area contributed by atoms with Gasteiger partial charge >= 0.3 is 0 Å². The molecule has 0 radical (unpaired) electrons. The van der Waals surface area contributed by atoms with Crippen LogP contribution in [0.5, 0.6) is 0 Å². The highest BCUT2D eigenvalue weighted by molar-refractivity contribution is 6.01. The molecule has 1 aliphatic heterocycles. The quantitative estimate of drug-likeness (QED) is 0.657. The van der Waals surface area contributed by atoms with Crippen LogP contribution in [0.15, 0.2) is 22.1 Å². The van der Waals surface area contributed by atoms with E-state index < -0.39 is 5.91 Å². The second-order valence-corrected chi connectivity index (χ2v) is 5.09. The van der Waals surface area contributed by atoms with Gasteiger partial charge in [-0.3, -0.25) is 4.79 Å². The first-order valence-electron chi connectivity index (χ1n) is 6.89. The number of nitriles is 1. The minimum absolute atomic E-state index is 0.0210. The van der Waals surface area contributed by atoms with Crippen LogP contribution in [-0.4, -0.2) is 39.3 Å². The van der Waals surface area contributed by atoms with Crippen LogP contribution in [0.3, 0.4) is 0 Å². The molecule has 1 amide bonds. The van der Waals surface area contributed by atoms with Gasteiger partial charge < -0.3 is 19.4 Å². The standard InChI is InChI=1S/C15H19N3O3/c1-18(2)14-6-5-12(21-14)8-11(9-16)15(19)17-10-13-4-3-7-20-13/h5-6,8,13H,3-4,7,10H2,1-2H3,(H,17,19)/b11-8+/t13-/m1/s1. The van der Waals surface area contributed by atoms with Crippen LogP contribution >= 0.6 is 0 Å². The van der Waals surface area contributed by atoms with E-state index in [4.69, 9.17) is 14.4 Å². The van der Waals surface area contributed by atoms with Crippen molar-refractivity contribution in [2.75, 3.05) is 32.1 Å². The SMILES string of the molecule is CN(C)c1ccc(/C=C(\C#N)C(=O)NC[C@H]2CCCO2)o1. The Morgan fingerprint density at radius 1 is 1.57 bits per heavy atom. The predicted molar refractivity (Wildman–Crippen MR) is 78.6 cm³/mol. The van der Waals surface area contributed by atoms with E-state index in [0.29, 0.717) is 18.2 Å². The normalized spacial score (nSPS) is 18.3. The van der Waals surface area contributed by atoms with Gasteiger partial charge in [0, 0.05) is 39.4 Å². The molecule has 1 N–H and O–H groups in total. The van der Waals surface area contributed by atoms with Crippen LogP contribution in [0.1, 0.15) is 18.6 Å². The van der Waals surface area contributed by atoms with Crippen molar-refractivity contribution in [2.24, 2.45) is 0 Å². The summed E-state index contributed by atoms with van der Waals surface area (Å²) in [5.41, 5.74) is 0.0210. The van der Waals surface area contributed by atoms with Crippen LogP contribution in [0.25, 0.3) is 6.08 Å². The molecule has 0 spiro atoms. The Kier molecular flexibility index (Phi) is 5.01. The van der Waals surface area contributed by atoms with Crippen LogP contribution in [0.2, 0.25) is 0 Å². The molecular weight excluding hydrogens is 270 g/mol. The van der Waals surface area contributed by atoms with E-state index in [1.807, 2.05) is 20.2 Å². The van der Waals surface area contributed by atoms with Crippen molar-refractivity contribution in [3.05, 3.63) is 23.5 Å². The number of hydrogen-bond donors (Lipinski definition) is 1. The number of ether oxygens (including phenoxy) is 1. The first-order chi connectivity index (χ1) is 10.1. The van der Waals surface area contributed by atoms with E-state index in [1.165, 1.54) is 6.08 Å². The molecule has 2 heterocycles. The molecule has 0 aliphatic carbocycles. The maximum absolute atomic E-state index is 12.0. The molecule has 2 rings (SSSR count). The molecule has 1 atom stereocenters. The zero-order valence-corrected chi connectivity index (χ0v) is 12.3. The lowest BCUT2D eigenvalue weighted by Gasteiger charge is -2.10. The Hall–Kier alpha value is -2.26. The Balaban J connectivity index is 1.98. The lowest BCUT2D eigenvalue weighted by atomic mass is 10.2. The summed E-state index contributed by atoms with van der Waals surface area (Å²) in [6.07, 6.45) is 3.45. The fourth-order valence-electron chi connectivity index (χ4n) is 2.06. The number of carbonyl (C=O) groups is 1. The van der Waals surface area contributed by atoms with Gasteiger partial charge in [0.05, 0.1) is 6.10 Å². The molecule has 0 bridgehead atoms. The van der Waals surface area contributed by atoms with Gasteiger partial charge in [0.15, 0.2) is 5.88 Å². The van der Waals surface area contributed by atoms with Crippen LogP contribution in [-0.2, 0) is 9.53 Å². The lowest BCUT2D eigenvalue weighted by Crippen LogP contribution is -2.32. The van der Waals surface area contributed by atoms with Crippen molar-refractivity contribution in [1.29, 1.82) is 5.26 Å². The van der Waals surface area contributed by atoms with Crippen molar-refractivity contribution in [1.82, 2.24) is 5.32 Å². The summed E-state index contributed by atoms with van der Waals surface area (Å²) in [4.78, 5) is 13.8. The molecule has 6 heteroatoms. The smallest absolute Gasteiger partial charge is 0.262 e. The van der Waals surface area contributed by atoms with Crippen LogP contribution < -0.4 is 10.2 Å². The summed E-state index contributed by atoms with van der Waals surface area (Å²) in [6, 6.07) is 5.40. The van der Waals surface area contributed by atoms with Gasteiger partial charge in [-0.1, -0.05) is 0 Å². The third-order valence-electron chi connectivity index (χ3n) is 3.22. The molecule has 1 saturated heterocycles. The monoisotopic (exact) mass is 289 g/mol. The van der Waals surface area contributed by atoms with Crippen molar-refractivity contribution < 1.29 is 13.9 Å². The fourth-order valence-corrected chi connectivity index (χ4v) is 2.06. The second-order valence-electron chi connectivity index (χ2n) is 5.09. The van der Waals surface area contributed by atoms with Gasteiger partial charge in [-0.2, -0.15) is 5.26 Å². The highest BCUT2D eigenvalue weighted by Crippen LogP contribution is 2.18. The average Bonchev–Trinajstić information content (AvgIpc) is 3.13. The molecule has 1 aromatic heterocycles. The van der Waals surface area contributed by atoms with Gasteiger partial charge in [-0.15, -0.1) is 0 Å². The first kappa shape index (κ1) is 15.1.